The third-order valence-electron chi connectivity index (χ3n) is 2.91. The molecule has 0 saturated heterocycles. The number of aromatic nitrogens is 1. The van der Waals surface area contributed by atoms with Crippen molar-refractivity contribution in [1.82, 2.24) is 4.98 Å². The molecule has 0 unspecified atom stereocenters. The first-order valence-electron chi connectivity index (χ1n) is 6.02. The molecule has 0 amide bonds. The van der Waals surface area contributed by atoms with E-state index in [4.69, 9.17) is 4.42 Å². The van der Waals surface area contributed by atoms with Gasteiger partial charge in [0.15, 0.2) is 0 Å². The first-order chi connectivity index (χ1) is 9.36. The zero-order chi connectivity index (χ0) is 13.1. The van der Waals surface area contributed by atoms with Gasteiger partial charge in [0.1, 0.15) is 12.0 Å². The summed E-state index contributed by atoms with van der Waals surface area (Å²) in [5.74, 6) is 0.657. The number of hydrogen-bond donors (Lipinski definition) is 0. The highest BCUT2D eigenvalue weighted by Gasteiger charge is 2.07. The van der Waals surface area contributed by atoms with Gasteiger partial charge < -0.3 is 4.42 Å². The van der Waals surface area contributed by atoms with Gasteiger partial charge >= 0.3 is 0 Å². The van der Waals surface area contributed by atoms with Crippen LogP contribution in [0.3, 0.4) is 0 Å². The Hall–Kier alpha value is -2.00. The van der Waals surface area contributed by atoms with E-state index in [0.717, 1.165) is 16.8 Å². The molecule has 94 valence electrons. The number of hydrogen-bond acceptors (Lipinski definition) is 3. The molecule has 2 nitrogen and oxygen atoms in total. The average Bonchev–Trinajstić information content (AvgIpc) is 2.98. The average molecular weight is 267 g/mol. The second-order valence-electron chi connectivity index (χ2n) is 4.13. The lowest BCUT2D eigenvalue weighted by molar-refractivity contribution is 0.575. The molecule has 0 radical (unpaired) electrons. The number of thioether (sulfide) groups is 1. The highest BCUT2D eigenvalue weighted by molar-refractivity contribution is 7.98. The minimum atomic E-state index is 0.657. The normalized spacial score (nSPS) is 10.6. The summed E-state index contributed by atoms with van der Waals surface area (Å²) in [6, 6.07) is 18.2. The molecular formula is C16H13NOS. The molecule has 3 heteroatoms. The number of rotatable bonds is 3. The molecule has 0 spiro atoms. The number of nitrogens with zero attached hydrogens (tertiary/aromatic N) is 1. The van der Waals surface area contributed by atoms with Gasteiger partial charge in [0, 0.05) is 16.0 Å². The molecule has 0 N–H and O–H groups in total. The smallest absolute Gasteiger partial charge is 0.226 e. The Morgan fingerprint density at radius 3 is 2.32 bits per heavy atom. The van der Waals surface area contributed by atoms with Crippen molar-refractivity contribution < 1.29 is 4.42 Å². The van der Waals surface area contributed by atoms with Crippen LogP contribution in [0.2, 0.25) is 0 Å². The summed E-state index contributed by atoms with van der Waals surface area (Å²) in [7, 11) is 0. The summed E-state index contributed by atoms with van der Waals surface area (Å²) in [4.78, 5) is 5.78. The Kier molecular flexibility index (Phi) is 3.38. The maximum atomic E-state index is 5.55. The first-order valence-corrected chi connectivity index (χ1v) is 7.24. The van der Waals surface area contributed by atoms with Crippen LogP contribution in [-0.2, 0) is 0 Å². The van der Waals surface area contributed by atoms with E-state index in [2.05, 4.69) is 35.5 Å². The van der Waals surface area contributed by atoms with Crippen LogP contribution in [0.1, 0.15) is 0 Å². The van der Waals surface area contributed by atoms with E-state index in [1.807, 2.05) is 30.3 Å². The molecule has 1 aromatic heterocycles. The Labute approximate surface area is 116 Å². The maximum Gasteiger partial charge on any atom is 0.226 e. The van der Waals surface area contributed by atoms with Crippen LogP contribution < -0.4 is 0 Å². The largest absolute Gasteiger partial charge is 0.444 e. The molecule has 0 saturated carbocycles. The van der Waals surface area contributed by atoms with Gasteiger partial charge in [-0.3, -0.25) is 0 Å². The summed E-state index contributed by atoms with van der Waals surface area (Å²) < 4.78 is 5.55. The van der Waals surface area contributed by atoms with Gasteiger partial charge in [-0.15, -0.1) is 11.8 Å². The van der Waals surface area contributed by atoms with Crippen molar-refractivity contribution in [3.05, 3.63) is 60.9 Å². The lowest BCUT2D eigenvalue weighted by Crippen LogP contribution is -1.80. The molecule has 19 heavy (non-hydrogen) atoms. The molecule has 2 aromatic carbocycles. The third-order valence-corrected chi connectivity index (χ3v) is 3.65. The fraction of sp³-hybridized carbons (Fsp3) is 0.0625. The topological polar surface area (TPSA) is 26.0 Å². The highest BCUT2D eigenvalue weighted by atomic mass is 32.2. The quantitative estimate of drug-likeness (QED) is 0.642. The standard InChI is InChI=1S/C16H13NOS/c1-19-14-9-7-12(8-10-14)15-11-18-16(17-15)13-5-3-2-4-6-13/h2-11H,1H3. The molecule has 0 bridgehead atoms. The zero-order valence-electron chi connectivity index (χ0n) is 10.5. The predicted molar refractivity (Wildman–Crippen MR) is 79.2 cm³/mol. The number of oxazole rings is 1. The zero-order valence-corrected chi connectivity index (χ0v) is 11.4. The van der Waals surface area contributed by atoms with Crippen LogP contribution >= 0.6 is 11.8 Å². The van der Waals surface area contributed by atoms with Crippen molar-refractivity contribution in [2.45, 2.75) is 4.90 Å². The minimum Gasteiger partial charge on any atom is -0.444 e. The highest BCUT2D eigenvalue weighted by Crippen LogP contribution is 2.26. The van der Waals surface area contributed by atoms with Crippen LogP contribution in [-0.4, -0.2) is 11.2 Å². The van der Waals surface area contributed by atoms with Crippen LogP contribution in [0, 0.1) is 0 Å². The van der Waals surface area contributed by atoms with E-state index in [1.54, 1.807) is 18.0 Å². The maximum absolute atomic E-state index is 5.55. The van der Waals surface area contributed by atoms with Crippen molar-refractivity contribution in [2.24, 2.45) is 0 Å². The molecule has 3 rings (SSSR count). The summed E-state index contributed by atoms with van der Waals surface area (Å²) in [6.07, 6.45) is 3.77. The lowest BCUT2D eigenvalue weighted by atomic mass is 10.2. The fourth-order valence-electron chi connectivity index (χ4n) is 1.88. The van der Waals surface area contributed by atoms with E-state index in [1.165, 1.54) is 4.90 Å². The Balaban J connectivity index is 1.92. The Morgan fingerprint density at radius 1 is 0.895 bits per heavy atom. The van der Waals surface area contributed by atoms with Crippen LogP contribution in [0.5, 0.6) is 0 Å². The van der Waals surface area contributed by atoms with Gasteiger partial charge in [0.05, 0.1) is 0 Å². The Morgan fingerprint density at radius 2 is 1.63 bits per heavy atom. The van der Waals surface area contributed by atoms with Crippen LogP contribution in [0.15, 0.2) is 70.2 Å². The van der Waals surface area contributed by atoms with Gasteiger partial charge in [-0.2, -0.15) is 0 Å². The van der Waals surface area contributed by atoms with Gasteiger partial charge in [0.2, 0.25) is 5.89 Å². The summed E-state index contributed by atoms with van der Waals surface area (Å²) in [5, 5.41) is 0. The van der Waals surface area contributed by atoms with E-state index in [-0.39, 0.29) is 0 Å². The minimum absolute atomic E-state index is 0.657. The van der Waals surface area contributed by atoms with Crippen molar-refractivity contribution in [3.63, 3.8) is 0 Å². The fourth-order valence-corrected chi connectivity index (χ4v) is 2.29. The van der Waals surface area contributed by atoms with Crippen molar-refractivity contribution >= 4 is 11.8 Å². The molecule has 1 heterocycles. The third kappa shape index (κ3) is 2.56. The second-order valence-corrected chi connectivity index (χ2v) is 5.01. The van der Waals surface area contributed by atoms with E-state index in [9.17, 15) is 0 Å². The molecule has 0 atom stereocenters. The lowest BCUT2D eigenvalue weighted by Gasteiger charge is -1.98. The van der Waals surface area contributed by atoms with Gasteiger partial charge in [-0.1, -0.05) is 30.3 Å². The molecular weight excluding hydrogens is 254 g/mol. The van der Waals surface area contributed by atoms with Crippen LogP contribution in [0.4, 0.5) is 0 Å². The summed E-state index contributed by atoms with van der Waals surface area (Å²) >= 11 is 1.73. The van der Waals surface area contributed by atoms with E-state index < -0.39 is 0 Å². The van der Waals surface area contributed by atoms with Crippen molar-refractivity contribution in [2.75, 3.05) is 6.26 Å². The molecule has 0 aliphatic carbocycles. The van der Waals surface area contributed by atoms with Gasteiger partial charge in [0.25, 0.3) is 0 Å². The Bertz CT molecular complexity index is 659. The molecule has 0 fully saturated rings. The second kappa shape index (κ2) is 5.33. The van der Waals surface area contributed by atoms with Gasteiger partial charge in [-0.05, 0) is 30.5 Å². The first kappa shape index (κ1) is 12.1. The molecule has 0 aliphatic heterocycles. The van der Waals surface area contributed by atoms with Crippen LogP contribution in [0.25, 0.3) is 22.7 Å². The SMILES string of the molecule is CSc1ccc(-c2coc(-c3ccccc3)n2)cc1. The molecule has 0 aliphatic rings. The van der Waals surface area contributed by atoms with E-state index >= 15 is 0 Å². The van der Waals surface area contributed by atoms with Gasteiger partial charge in [-0.25, -0.2) is 4.98 Å². The predicted octanol–water partition coefficient (Wildman–Crippen LogP) is 4.73. The summed E-state index contributed by atoms with van der Waals surface area (Å²) in [5.41, 5.74) is 2.93. The summed E-state index contributed by atoms with van der Waals surface area (Å²) in [6.45, 7) is 0. The van der Waals surface area contributed by atoms with Crippen molar-refractivity contribution in [3.8, 4) is 22.7 Å². The monoisotopic (exact) mass is 267 g/mol. The molecule has 3 aromatic rings. The van der Waals surface area contributed by atoms with E-state index in [0.29, 0.717) is 5.89 Å². The number of benzene rings is 2. The van der Waals surface area contributed by atoms with Crippen molar-refractivity contribution in [1.29, 1.82) is 0 Å².